The number of phenolic OH excluding ortho intramolecular Hbond substituents is 1. The van der Waals surface area contributed by atoms with Gasteiger partial charge in [0.25, 0.3) is 0 Å². The number of aliphatic imine (C=N–C) groups is 1. The average Bonchev–Trinajstić information content (AvgIpc) is 3.70. The van der Waals surface area contributed by atoms with Crippen LogP contribution in [0.1, 0.15) is 102 Å². The van der Waals surface area contributed by atoms with E-state index in [4.69, 9.17) is 14.5 Å². The topological polar surface area (TPSA) is 110 Å². The van der Waals surface area contributed by atoms with Gasteiger partial charge in [0.05, 0.1) is 26.1 Å². The Morgan fingerprint density at radius 1 is 1.13 bits per heavy atom. The second-order valence-electron chi connectivity index (χ2n) is 13.1. The van der Waals surface area contributed by atoms with Crippen LogP contribution >= 0.6 is 0 Å². The van der Waals surface area contributed by atoms with Crippen molar-refractivity contribution in [3.8, 4) is 23.3 Å². The zero-order valence-electron chi connectivity index (χ0n) is 27.4. The van der Waals surface area contributed by atoms with Crippen LogP contribution in [0.25, 0.3) is 0 Å². The molecule has 2 aromatic rings. The number of phenols is 1. The molecule has 8 nitrogen and oxygen atoms in total. The molecule has 1 spiro atoms. The van der Waals surface area contributed by atoms with Gasteiger partial charge in [0, 0.05) is 32.2 Å². The van der Waals surface area contributed by atoms with E-state index in [2.05, 4.69) is 47.4 Å². The molecule has 0 saturated heterocycles. The average molecular weight is 626 g/mol. The lowest BCUT2D eigenvalue weighted by molar-refractivity contribution is -0.148. The molecule has 0 unspecified atom stereocenters. The molecule has 0 radical (unpaired) electrons. The molecule has 0 amide bonds. The van der Waals surface area contributed by atoms with Gasteiger partial charge < -0.3 is 19.9 Å². The number of esters is 1. The molecule has 1 fully saturated rings. The number of allylic oxidation sites excluding steroid dienone is 1. The van der Waals surface area contributed by atoms with Crippen molar-refractivity contribution in [2.24, 2.45) is 10.9 Å². The second-order valence-corrected chi connectivity index (χ2v) is 13.1. The van der Waals surface area contributed by atoms with Gasteiger partial charge in [-0.1, -0.05) is 44.1 Å². The van der Waals surface area contributed by atoms with Crippen LogP contribution in [0.2, 0.25) is 0 Å². The first-order chi connectivity index (χ1) is 22.3. The Bertz CT molecular complexity index is 1530. The van der Waals surface area contributed by atoms with Crippen LogP contribution in [-0.2, 0) is 19.7 Å². The summed E-state index contributed by atoms with van der Waals surface area (Å²) >= 11 is 0. The number of fused-ring (bicyclic) bond motifs is 3. The molecule has 1 saturated carbocycles. The maximum absolute atomic E-state index is 13.5. The number of anilines is 1. The molecule has 1 aromatic carbocycles. The number of aromatic nitrogens is 1. The van der Waals surface area contributed by atoms with Crippen molar-refractivity contribution in [2.45, 2.75) is 102 Å². The predicted octanol–water partition coefficient (Wildman–Crippen LogP) is 7.07. The largest absolute Gasteiger partial charge is 0.504 e. The molecule has 3 aliphatic rings. The molecule has 46 heavy (non-hydrogen) atoms. The van der Waals surface area contributed by atoms with Gasteiger partial charge >= 0.3 is 5.97 Å². The third-order valence-electron chi connectivity index (χ3n) is 9.91. The van der Waals surface area contributed by atoms with Gasteiger partial charge in [-0.05, 0) is 96.4 Å². The van der Waals surface area contributed by atoms with Crippen LogP contribution in [-0.4, -0.2) is 54.4 Å². The zero-order chi connectivity index (χ0) is 32.5. The standard InChI is InChI=1S/C38H47N3O5/c1-4-27-9-11-34(46-26(2)42)22-33(43)19-28(29-10-12-35(44)36(20-29)45-3)8-7-16-40-37-21-32(13-17-41-37)38(14-5-6-15-38)23-31-25-39-24-30(31)18-27/h10,12-13,17,20-21,24,27-28,34,44H,4-6,9,11,14-16,18-19,22-23,25H2,1-3H3,(H,40,41)/t27-,28+,34+/m0/s1. The van der Waals surface area contributed by atoms with E-state index in [0.717, 1.165) is 56.5 Å². The van der Waals surface area contributed by atoms with Gasteiger partial charge in [-0.3, -0.25) is 14.6 Å². The summed E-state index contributed by atoms with van der Waals surface area (Å²) in [6.07, 6.45) is 12.9. The fraction of sp³-hybridized carbons (Fsp3) is 0.526. The molecule has 3 heterocycles. The fourth-order valence-electron chi connectivity index (χ4n) is 7.37. The van der Waals surface area contributed by atoms with E-state index in [1.165, 1.54) is 43.6 Å². The first kappa shape index (κ1) is 33.2. The molecular formula is C38H47N3O5. The van der Waals surface area contributed by atoms with E-state index in [1.807, 2.05) is 6.20 Å². The number of ketones is 1. The minimum atomic E-state index is -0.488. The number of pyridine rings is 1. The van der Waals surface area contributed by atoms with Crippen LogP contribution < -0.4 is 10.1 Å². The van der Waals surface area contributed by atoms with Gasteiger partial charge in [-0.2, -0.15) is 0 Å². The van der Waals surface area contributed by atoms with Crippen LogP contribution in [0.3, 0.4) is 0 Å². The maximum Gasteiger partial charge on any atom is 0.302 e. The molecule has 2 N–H and O–H groups in total. The van der Waals surface area contributed by atoms with Crippen molar-refractivity contribution >= 4 is 23.8 Å². The number of nitrogens with one attached hydrogen (secondary N) is 1. The lowest BCUT2D eigenvalue weighted by Crippen LogP contribution is -2.24. The summed E-state index contributed by atoms with van der Waals surface area (Å²) in [5.41, 5.74) is 4.96. The number of aromatic hydroxyl groups is 1. The number of nitrogens with zero attached hydrogens (tertiary/aromatic N) is 2. The monoisotopic (exact) mass is 625 g/mol. The lowest BCUT2D eigenvalue weighted by atomic mass is 9.73. The molecule has 5 rings (SSSR count). The highest BCUT2D eigenvalue weighted by molar-refractivity contribution is 5.83. The highest BCUT2D eigenvalue weighted by Gasteiger charge is 2.37. The lowest BCUT2D eigenvalue weighted by Gasteiger charge is -2.31. The van der Waals surface area contributed by atoms with Gasteiger partial charge in [0.2, 0.25) is 0 Å². The summed E-state index contributed by atoms with van der Waals surface area (Å²) in [7, 11) is 1.49. The van der Waals surface area contributed by atoms with Gasteiger partial charge in [-0.15, -0.1) is 0 Å². The van der Waals surface area contributed by atoms with E-state index in [1.54, 1.807) is 18.2 Å². The summed E-state index contributed by atoms with van der Waals surface area (Å²) in [5, 5.41) is 13.6. The SMILES string of the molecule is CC[C@H]1CC[C@@H](OC(C)=O)CC(=O)C[C@H](c2ccc(O)c(OC)c2)C#CCNc2cc(ccn2)C2(CCCC2)CC2=C(C=NC2)C1. The second kappa shape index (κ2) is 15.4. The Morgan fingerprint density at radius 2 is 1.96 bits per heavy atom. The first-order valence-electron chi connectivity index (χ1n) is 16.7. The Kier molecular flexibility index (Phi) is 11.2. The number of carbonyl (C=O) groups excluding carboxylic acids is 2. The normalized spacial score (nSPS) is 23.6. The summed E-state index contributed by atoms with van der Waals surface area (Å²) in [5.74, 6) is 7.21. The van der Waals surface area contributed by atoms with E-state index in [-0.39, 0.29) is 35.8 Å². The fourth-order valence-corrected chi connectivity index (χ4v) is 7.37. The first-order valence-corrected chi connectivity index (χ1v) is 16.7. The molecule has 2 bridgehead atoms. The number of methoxy groups -OCH3 is 1. The molecule has 3 atom stereocenters. The number of hydrogen-bond donors (Lipinski definition) is 2. The van der Waals surface area contributed by atoms with Crippen molar-refractivity contribution in [2.75, 3.05) is 25.5 Å². The van der Waals surface area contributed by atoms with Crippen LogP contribution in [0.4, 0.5) is 5.82 Å². The van der Waals surface area contributed by atoms with Crippen molar-refractivity contribution in [3.05, 3.63) is 58.8 Å². The Hall–Kier alpha value is -4.12. The predicted molar refractivity (Wildman–Crippen MR) is 180 cm³/mol. The molecule has 1 aliphatic carbocycles. The quantitative estimate of drug-likeness (QED) is 0.276. The van der Waals surface area contributed by atoms with Crippen LogP contribution in [0.15, 0.2) is 52.7 Å². The number of Topliss-reactive ketones (excluding diaryl/α,β-unsaturated/α-hetero) is 1. The van der Waals surface area contributed by atoms with E-state index < -0.39 is 12.0 Å². The Labute approximate surface area is 273 Å². The maximum atomic E-state index is 13.5. The van der Waals surface area contributed by atoms with E-state index in [9.17, 15) is 14.7 Å². The molecule has 8 heteroatoms. The zero-order valence-corrected chi connectivity index (χ0v) is 27.4. The number of ether oxygens (including phenoxy) is 2. The summed E-state index contributed by atoms with van der Waals surface area (Å²) in [4.78, 5) is 34.9. The third-order valence-corrected chi connectivity index (χ3v) is 9.91. The van der Waals surface area contributed by atoms with Crippen LogP contribution in [0.5, 0.6) is 11.5 Å². The summed E-state index contributed by atoms with van der Waals surface area (Å²) < 4.78 is 11.0. The highest BCUT2D eigenvalue weighted by Crippen LogP contribution is 2.47. The van der Waals surface area contributed by atoms with E-state index >= 15 is 0 Å². The van der Waals surface area contributed by atoms with Crippen molar-refractivity contribution in [1.29, 1.82) is 0 Å². The Balaban J connectivity index is 1.48. The smallest absolute Gasteiger partial charge is 0.302 e. The highest BCUT2D eigenvalue weighted by atomic mass is 16.5. The van der Waals surface area contributed by atoms with Crippen molar-refractivity contribution < 1.29 is 24.2 Å². The summed E-state index contributed by atoms with van der Waals surface area (Å²) in [6.45, 7) is 4.73. The number of carbonyl (C=O) groups is 2. The molecule has 2 aliphatic heterocycles. The van der Waals surface area contributed by atoms with E-state index in [0.29, 0.717) is 24.6 Å². The minimum Gasteiger partial charge on any atom is -0.504 e. The molecule has 1 aromatic heterocycles. The number of benzene rings is 1. The van der Waals surface area contributed by atoms with Gasteiger partial charge in [0.1, 0.15) is 17.7 Å². The number of rotatable bonds is 4. The van der Waals surface area contributed by atoms with Crippen molar-refractivity contribution in [3.63, 3.8) is 0 Å². The Morgan fingerprint density at radius 3 is 2.72 bits per heavy atom. The van der Waals surface area contributed by atoms with Gasteiger partial charge in [0.15, 0.2) is 11.5 Å². The minimum absolute atomic E-state index is 0.0252. The molecular weight excluding hydrogens is 578 g/mol. The van der Waals surface area contributed by atoms with Crippen molar-refractivity contribution in [1.82, 2.24) is 4.98 Å². The molecule has 244 valence electrons. The third kappa shape index (κ3) is 8.37. The summed E-state index contributed by atoms with van der Waals surface area (Å²) in [6, 6.07) is 9.43. The number of hydrogen-bond acceptors (Lipinski definition) is 8. The van der Waals surface area contributed by atoms with Crippen LogP contribution in [0, 0.1) is 17.8 Å². The van der Waals surface area contributed by atoms with Gasteiger partial charge in [-0.25, -0.2) is 4.98 Å².